The van der Waals surface area contributed by atoms with Gasteiger partial charge in [0.1, 0.15) is 4.75 Å². The lowest BCUT2D eigenvalue weighted by Gasteiger charge is -2.30. The Kier molecular flexibility index (Phi) is 8.30. The predicted molar refractivity (Wildman–Crippen MR) is 128 cm³/mol. The van der Waals surface area contributed by atoms with Crippen molar-refractivity contribution in [2.24, 2.45) is 0 Å². The van der Waals surface area contributed by atoms with Crippen LogP contribution in [0.4, 0.5) is 0 Å². The molecule has 1 aliphatic heterocycles. The molecule has 7 nitrogen and oxygen atoms in total. The van der Waals surface area contributed by atoms with E-state index in [4.69, 9.17) is 5.21 Å². The van der Waals surface area contributed by atoms with Gasteiger partial charge in [-0.2, -0.15) is 0 Å². The van der Waals surface area contributed by atoms with E-state index < -0.39 is 26.9 Å². The summed E-state index contributed by atoms with van der Waals surface area (Å²) in [6.45, 7) is 2.29. The number of carbonyl (C=O) groups is 2. The van der Waals surface area contributed by atoms with Crippen LogP contribution in [-0.2, 0) is 19.4 Å². The fourth-order valence-corrected chi connectivity index (χ4v) is 7.38. The van der Waals surface area contributed by atoms with Gasteiger partial charge in [0.2, 0.25) is 5.91 Å². The van der Waals surface area contributed by atoms with E-state index in [1.807, 2.05) is 6.07 Å². The number of thiophene rings is 1. The second-order valence-electron chi connectivity index (χ2n) is 8.00. The number of amides is 2. The van der Waals surface area contributed by atoms with E-state index in [2.05, 4.69) is 18.8 Å². The number of hydrogen-bond donors (Lipinski definition) is 2. The lowest BCUT2D eigenvalue weighted by atomic mass is 9.97. The first kappa shape index (κ1) is 25.0. The first-order valence-electron chi connectivity index (χ1n) is 10.9. The van der Waals surface area contributed by atoms with Gasteiger partial charge in [0.25, 0.3) is 5.91 Å². The van der Waals surface area contributed by atoms with Crippen molar-refractivity contribution in [1.29, 1.82) is 0 Å². The SMILES string of the molecule is CCCCC#Cc1ccc(C2(CC(=O)NO)CCN(C(=O)c3ccccc3)CCS2(=O)=O)s1. The number of nitrogens with one attached hydrogen (secondary N) is 1. The highest BCUT2D eigenvalue weighted by Crippen LogP contribution is 2.43. The fraction of sp³-hybridized carbons (Fsp3) is 0.417. The third-order valence-corrected chi connectivity index (χ3v) is 9.62. The summed E-state index contributed by atoms with van der Waals surface area (Å²) in [5, 5.41) is 9.15. The molecule has 1 aromatic heterocycles. The number of hydroxylamine groups is 1. The smallest absolute Gasteiger partial charge is 0.253 e. The van der Waals surface area contributed by atoms with Crippen LogP contribution < -0.4 is 5.48 Å². The Labute approximate surface area is 198 Å². The molecule has 0 spiro atoms. The van der Waals surface area contributed by atoms with Crippen molar-refractivity contribution in [2.75, 3.05) is 18.8 Å². The van der Waals surface area contributed by atoms with Crippen LogP contribution in [0, 0.1) is 11.8 Å². The zero-order valence-corrected chi connectivity index (χ0v) is 20.2. The molecule has 2 heterocycles. The molecule has 1 atom stereocenters. The molecule has 0 bridgehead atoms. The van der Waals surface area contributed by atoms with Crippen LogP contribution in [-0.4, -0.2) is 49.2 Å². The average Bonchev–Trinajstić information content (AvgIpc) is 3.25. The van der Waals surface area contributed by atoms with Gasteiger partial charge in [0.05, 0.1) is 17.1 Å². The summed E-state index contributed by atoms with van der Waals surface area (Å²) in [5.41, 5.74) is 2.06. The lowest BCUT2D eigenvalue weighted by molar-refractivity contribution is -0.129. The van der Waals surface area contributed by atoms with Crippen molar-refractivity contribution in [3.8, 4) is 11.8 Å². The molecule has 3 rings (SSSR count). The molecule has 0 aliphatic carbocycles. The number of carbonyl (C=O) groups excluding carboxylic acids is 2. The molecule has 2 aromatic rings. The second-order valence-corrected chi connectivity index (χ2v) is 11.5. The summed E-state index contributed by atoms with van der Waals surface area (Å²) in [4.78, 5) is 27.9. The van der Waals surface area contributed by atoms with E-state index in [0.29, 0.717) is 10.4 Å². The van der Waals surface area contributed by atoms with Crippen LogP contribution in [0.1, 0.15) is 59.1 Å². The van der Waals surface area contributed by atoms with Gasteiger partial charge in [-0.1, -0.05) is 43.4 Å². The summed E-state index contributed by atoms with van der Waals surface area (Å²) in [5.74, 6) is 4.86. The quantitative estimate of drug-likeness (QED) is 0.281. The zero-order chi connectivity index (χ0) is 23.9. The van der Waals surface area contributed by atoms with Crippen molar-refractivity contribution >= 4 is 33.0 Å². The van der Waals surface area contributed by atoms with Crippen molar-refractivity contribution in [3.63, 3.8) is 0 Å². The first-order valence-corrected chi connectivity index (χ1v) is 13.4. The normalized spacial score (nSPS) is 19.8. The third-order valence-electron chi connectivity index (χ3n) is 5.81. The van der Waals surface area contributed by atoms with Crippen LogP contribution in [0.2, 0.25) is 0 Å². The summed E-state index contributed by atoms with van der Waals surface area (Å²) >= 11 is 1.25. The topological polar surface area (TPSA) is 104 Å². The standard InChI is InChI=1S/C24H28N2O5S2/c1-2-3-4-8-11-20-12-13-21(32-20)24(18-22(27)25-29)14-15-26(16-17-33(24,30)31)23(28)19-9-6-5-7-10-19/h5-7,9-10,12-13,29H,2-4,14-18H2,1H3,(H,25,27). The minimum atomic E-state index is -3.85. The fourth-order valence-electron chi connectivity index (χ4n) is 3.90. The third kappa shape index (κ3) is 5.64. The number of benzene rings is 1. The van der Waals surface area contributed by atoms with Gasteiger partial charge in [0, 0.05) is 30.0 Å². The second kappa shape index (κ2) is 11.0. The predicted octanol–water partition coefficient (Wildman–Crippen LogP) is 3.34. The van der Waals surface area contributed by atoms with Gasteiger partial charge >= 0.3 is 0 Å². The highest BCUT2D eigenvalue weighted by molar-refractivity contribution is 7.92. The first-order chi connectivity index (χ1) is 15.8. The van der Waals surface area contributed by atoms with E-state index >= 15 is 0 Å². The molecular formula is C24H28N2O5S2. The minimum absolute atomic E-state index is 0.0353. The largest absolute Gasteiger partial charge is 0.338 e. The number of unbranched alkanes of at least 4 members (excludes halogenated alkanes) is 2. The molecule has 1 saturated heterocycles. The zero-order valence-electron chi connectivity index (χ0n) is 18.5. The van der Waals surface area contributed by atoms with E-state index in [9.17, 15) is 18.0 Å². The number of hydrogen-bond acceptors (Lipinski definition) is 6. The maximum atomic E-state index is 13.6. The number of nitrogens with zero attached hydrogens (tertiary/aromatic N) is 1. The Morgan fingerprint density at radius 3 is 2.64 bits per heavy atom. The van der Waals surface area contributed by atoms with Gasteiger partial charge in [0.15, 0.2) is 9.84 Å². The summed E-state index contributed by atoms with van der Waals surface area (Å²) in [7, 11) is -3.85. The van der Waals surface area contributed by atoms with Crippen LogP contribution >= 0.6 is 11.3 Å². The van der Waals surface area contributed by atoms with Crippen molar-refractivity contribution in [1.82, 2.24) is 10.4 Å². The Bertz CT molecular complexity index is 1150. The summed E-state index contributed by atoms with van der Waals surface area (Å²) < 4.78 is 25.6. The minimum Gasteiger partial charge on any atom is -0.338 e. The molecular weight excluding hydrogens is 460 g/mol. The van der Waals surface area contributed by atoms with Crippen molar-refractivity contribution in [2.45, 2.75) is 43.8 Å². The van der Waals surface area contributed by atoms with Gasteiger partial charge in [-0.3, -0.25) is 14.8 Å². The molecule has 176 valence electrons. The summed E-state index contributed by atoms with van der Waals surface area (Å²) in [6, 6.07) is 12.2. The van der Waals surface area contributed by atoms with Crippen LogP contribution in [0.25, 0.3) is 0 Å². The summed E-state index contributed by atoms with van der Waals surface area (Å²) in [6.07, 6.45) is 2.41. The maximum absolute atomic E-state index is 13.6. The Hall–Kier alpha value is -2.67. The molecule has 9 heteroatoms. The molecule has 33 heavy (non-hydrogen) atoms. The highest BCUT2D eigenvalue weighted by atomic mass is 32.2. The molecule has 1 fully saturated rings. The van der Waals surface area contributed by atoms with Crippen molar-refractivity contribution < 1.29 is 23.2 Å². The lowest BCUT2D eigenvalue weighted by Crippen LogP contribution is -2.41. The average molecular weight is 489 g/mol. The molecule has 2 N–H and O–H groups in total. The van der Waals surface area contributed by atoms with E-state index in [-0.39, 0.29) is 31.2 Å². The van der Waals surface area contributed by atoms with Gasteiger partial charge < -0.3 is 4.90 Å². The molecule has 1 aliphatic rings. The monoisotopic (exact) mass is 488 g/mol. The molecule has 0 saturated carbocycles. The maximum Gasteiger partial charge on any atom is 0.253 e. The molecule has 0 radical (unpaired) electrons. The molecule has 1 unspecified atom stereocenters. The Morgan fingerprint density at radius 2 is 1.94 bits per heavy atom. The van der Waals surface area contributed by atoms with E-state index in [1.54, 1.807) is 41.9 Å². The van der Waals surface area contributed by atoms with E-state index in [1.165, 1.54) is 16.2 Å². The van der Waals surface area contributed by atoms with Gasteiger partial charge in [-0.05, 0) is 37.1 Å². The highest BCUT2D eigenvalue weighted by Gasteiger charge is 2.49. The van der Waals surface area contributed by atoms with Crippen LogP contribution in [0.15, 0.2) is 42.5 Å². The Balaban J connectivity index is 1.95. The van der Waals surface area contributed by atoms with Crippen LogP contribution in [0.5, 0.6) is 0 Å². The van der Waals surface area contributed by atoms with Gasteiger partial charge in [-0.15, -0.1) is 11.3 Å². The molecule has 1 aromatic carbocycles. The van der Waals surface area contributed by atoms with E-state index in [0.717, 1.165) is 24.1 Å². The molecule has 2 amide bonds. The van der Waals surface area contributed by atoms with Crippen molar-refractivity contribution in [3.05, 3.63) is 57.8 Å². The Morgan fingerprint density at radius 1 is 1.18 bits per heavy atom. The number of sulfone groups is 1. The van der Waals surface area contributed by atoms with Crippen LogP contribution in [0.3, 0.4) is 0 Å². The van der Waals surface area contributed by atoms with Gasteiger partial charge in [-0.25, -0.2) is 13.9 Å². The number of rotatable bonds is 6.